The normalized spacial score (nSPS) is 30.5. The molecule has 0 heterocycles. The van der Waals surface area contributed by atoms with Crippen LogP contribution in [0, 0.1) is 17.8 Å². The minimum absolute atomic E-state index is 0.900. The van der Waals surface area contributed by atoms with Gasteiger partial charge in [-0.15, -0.1) is 0 Å². The van der Waals surface area contributed by atoms with Gasteiger partial charge in [0.05, 0.1) is 0 Å². The molecule has 2 unspecified atom stereocenters. The Bertz CT molecular complexity index is 129. The van der Waals surface area contributed by atoms with Crippen molar-refractivity contribution in [3.8, 4) is 0 Å². The molecule has 0 aliphatic heterocycles. The molecule has 1 fully saturated rings. The second kappa shape index (κ2) is 4.27. The molecule has 12 heavy (non-hydrogen) atoms. The van der Waals surface area contributed by atoms with Crippen LogP contribution in [0.15, 0.2) is 0 Å². The van der Waals surface area contributed by atoms with Crippen molar-refractivity contribution in [2.24, 2.45) is 17.8 Å². The van der Waals surface area contributed by atoms with Crippen molar-refractivity contribution in [2.45, 2.75) is 33.1 Å². The first kappa shape index (κ1) is 10.0. The molecule has 1 heteroatoms. The van der Waals surface area contributed by atoms with Gasteiger partial charge in [0.15, 0.2) is 0 Å². The van der Waals surface area contributed by atoms with Crippen molar-refractivity contribution in [2.75, 3.05) is 20.6 Å². The maximum Gasteiger partial charge on any atom is 0.000366 e. The Morgan fingerprint density at radius 2 is 1.92 bits per heavy atom. The summed E-state index contributed by atoms with van der Waals surface area (Å²) in [7, 11) is 4.37. The fourth-order valence-electron chi connectivity index (χ4n) is 2.40. The van der Waals surface area contributed by atoms with Crippen molar-refractivity contribution < 1.29 is 0 Å². The number of hydrogen-bond acceptors (Lipinski definition) is 1. The predicted molar refractivity (Wildman–Crippen MR) is 54.2 cm³/mol. The van der Waals surface area contributed by atoms with Crippen molar-refractivity contribution >= 4 is 0 Å². The van der Waals surface area contributed by atoms with E-state index in [0.29, 0.717) is 0 Å². The third kappa shape index (κ3) is 2.78. The summed E-state index contributed by atoms with van der Waals surface area (Å²) in [5.74, 6) is 2.89. The van der Waals surface area contributed by atoms with E-state index in [4.69, 9.17) is 0 Å². The summed E-state index contributed by atoms with van der Waals surface area (Å²) in [5, 5.41) is 0. The van der Waals surface area contributed by atoms with Gasteiger partial charge in [-0.3, -0.25) is 0 Å². The molecule has 0 aromatic carbocycles. The van der Waals surface area contributed by atoms with Crippen LogP contribution in [0.5, 0.6) is 0 Å². The molecule has 1 aliphatic rings. The van der Waals surface area contributed by atoms with Gasteiger partial charge < -0.3 is 4.90 Å². The quantitative estimate of drug-likeness (QED) is 0.628. The summed E-state index contributed by atoms with van der Waals surface area (Å²) in [4.78, 5) is 2.33. The van der Waals surface area contributed by atoms with Crippen molar-refractivity contribution in [3.05, 3.63) is 0 Å². The van der Waals surface area contributed by atoms with Crippen LogP contribution in [-0.2, 0) is 0 Å². The smallest absolute Gasteiger partial charge is 0.000366 e. The zero-order chi connectivity index (χ0) is 9.14. The van der Waals surface area contributed by atoms with Gasteiger partial charge in [-0.25, -0.2) is 0 Å². The van der Waals surface area contributed by atoms with Gasteiger partial charge in [-0.05, 0) is 51.1 Å². The van der Waals surface area contributed by atoms with Crippen LogP contribution < -0.4 is 0 Å². The van der Waals surface area contributed by atoms with E-state index in [0.717, 1.165) is 17.8 Å². The zero-order valence-corrected chi connectivity index (χ0v) is 9.01. The lowest BCUT2D eigenvalue weighted by Gasteiger charge is -2.17. The molecule has 0 amide bonds. The third-order valence-electron chi connectivity index (χ3n) is 3.15. The molecule has 1 nitrogen and oxygen atoms in total. The molecular formula is C11H23N. The van der Waals surface area contributed by atoms with Gasteiger partial charge in [0.2, 0.25) is 0 Å². The van der Waals surface area contributed by atoms with Gasteiger partial charge in [0.1, 0.15) is 0 Å². The maximum absolute atomic E-state index is 2.36. The first-order valence-electron chi connectivity index (χ1n) is 5.24. The summed E-state index contributed by atoms with van der Waals surface area (Å²) < 4.78 is 0. The summed E-state index contributed by atoms with van der Waals surface area (Å²) in [6, 6.07) is 0. The molecule has 0 N–H and O–H groups in total. The lowest BCUT2D eigenvalue weighted by molar-refractivity contribution is 0.309. The Labute approximate surface area is 77.1 Å². The molecule has 1 saturated carbocycles. The van der Waals surface area contributed by atoms with E-state index in [1.54, 1.807) is 0 Å². The van der Waals surface area contributed by atoms with Gasteiger partial charge in [0.25, 0.3) is 0 Å². The summed E-state index contributed by atoms with van der Waals surface area (Å²) in [6.07, 6.45) is 4.40. The molecule has 72 valence electrons. The highest BCUT2D eigenvalue weighted by molar-refractivity contribution is 4.78. The Hall–Kier alpha value is -0.0400. The highest BCUT2D eigenvalue weighted by atomic mass is 15.1. The van der Waals surface area contributed by atoms with Gasteiger partial charge in [-0.2, -0.15) is 0 Å². The highest BCUT2D eigenvalue weighted by Crippen LogP contribution is 2.35. The molecule has 0 saturated heterocycles. The monoisotopic (exact) mass is 169 g/mol. The molecule has 0 radical (unpaired) electrons. The van der Waals surface area contributed by atoms with Crippen LogP contribution in [0.2, 0.25) is 0 Å². The number of nitrogens with zero attached hydrogens (tertiary/aromatic N) is 1. The Morgan fingerprint density at radius 3 is 2.33 bits per heavy atom. The molecule has 0 spiro atoms. The fourth-order valence-corrected chi connectivity index (χ4v) is 2.40. The molecule has 0 bridgehead atoms. The van der Waals surface area contributed by atoms with E-state index in [-0.39, 0.29) is 0 Å². The topological polar surface area (TPSA) is 3.24 Å². The zero-order valence-electron chi connectivity index (χ0n) is 9.01. The van der Waals surface area contributed by atoms with Crippen LogP contribution >= 0.6 is 0 Å². The Kier molecular flexibility index (Phi) is 3.57. The van der Waals surface area contributed by atoms with Crippen LogP contribution in [0.4, 0.5) is 0 Å². The standard InChI is InChI=1S/C11H23N/c1-9(2)11-6-5-10(7-11)8-12(3)4/h9-11H,5-8H2,1-4H3. The summed E-state index contributed by atoms with van der Waals surface area (Å²) in [6.45, 7) is 6.02. The summed E-state index contributed by atoms with van der Waals surface area (Å²) >= 11 is 0. The van der Waals surface area contributed by atoms with E-state index in [2.05, 4.69) is 32.8 Å². The van der Waals surface area contributed by atoms with Crippen LogP contribution in [0.1, 0.15) is 33.1 Å². The van der Waals surface area contributed by atoms with E-state index < -0.39 is 0 Å². The van der Waals surface area contributed by atoms with Gasteiger partial charge in [-0.1, -0.05) is 13.8 Å². The number of hydrogen-bond donors (Lipinski definition) is 0. The maximum atomic E-state index is 2.36. The lowest BCUT2D eigenvalue weighted by Crippen LogP contribution is -2.20. The van der Waals surface area contributed by atoms with Crippen LogP contribution in [0.3, 0.4) is 0 Å². The van der Waals surface area contributed by atoms with E-state index in [1.165, 1.54) is 25.8 Å². The minimum Gasteiger partial charge on any atom is -0.309 e. The average Bonchev–Trinajstić information content (AvgIpc) is 2.34. The predicted octanol–water partition coefficient (Wildman–Crippen LogP) is 2.62. The van der Waals surface area contributed by atoms with E-state index in [1.807, 2.05) is 0 Å². The van der Waals surface area contributed by atoms with E-state index >= 15 is 0 Å². The van der Waals surface area contributed by atoms with Crippen molar-refractivity contribution in [3.63, 3.8) is 0 Å². The van der Waals surface area contributed by atoms with Crippen molar-refractivity contribution in [1.82, 2.24) is 4.90 Å². The number of rotatable bonds is 3. The average molecular weight is 169 g/mol. The van der Waals surface area contributed by atoms with Crippen LogP contribution in [0.25, 0.3) is 0 Å². The highest BCUT2D eigenvalue weighted by Gasteiger charge is 2.26. The minimum atomic E-state index is 0.900. The first-order chi connectivity index (χ1) is 5.59. The van der Waals surface area contributed by atoms with Crippen LogP contribution in [-0.4, -0.2) is 25.5 Å². The lowest BCUT2D eigenvalue weighted by atomic mass is 9.93. The molecular weight excluding hydrogens is 146 g/mol. The van der Waals surface area contributed by atoms with E-state index in [9.17, 15) is 0 Å². The van der Waals surface area contributed by atoms with Gasteiger partial charge in [0, 0.05) is 6.54 Å². The third-order valence-corrected chi connectivity index (χ3v) is 3.15. The van der Waals surface area contributed by atoms with Gasteiger partial charge >= 0.3 is 0 Å². The first-order valence-corrected chi connectivity index (χ1v) is 5.24. The molecule has 1 aliphatic carbocycles. The largest absolute Gasteiger partial charge is 0.309 e. The Balaban J connectivity index is 2.26. The Morgan fingerprint density at radius 1 is 1.25 bits per heavy atom. The second-order valence-corrected chi connectivity index (χ2v) is 4.95. The molecule has 0 aromatic rings. The molecule has 0 aromatic heterocycles. The molecule has 1 rings (SSSR count). The summed E-state index contributed by atoms with van der Waals surface area (Å²) in [5.41, 5.74) is 0. The second-order valence-electron chi connectivity index (χ2n) is 4.95. The molecule has 2 atom stereocenters. The van der Waals surface area contributed by atoms with Crippen molar-refractivity contribution in [1.29, 1.82) is 0 Å². The fraction of sp³-hybridized carbons (Fsp3) is 1.00. The SMILES string of the molecule is CC(C)C1CCC(CN(C)C)C1.